The molecule has 2 aromatic carbocycles. The molecule has 172 valence electrons. The van der Waals surface area contributed by atoms with Gasteiger partial charge in [-0.2, -0.15) is 5.26 Å². The van der Waals surface area contributed by atoms with Crippen LogP contribution in [0.4, 0.5) is 13.2 Å². The maximum absolute atomic E-state index is 14.1. The first-order chi connectivity index (χ1) is 15.0. The van der Waals surface area contributed by atoms with E-state index in [4.69, 9.17) is 5.26 Å². The van der Waals surface area contributed by atoms with Gasteiger partial charge in [-0.25, -0.2) is 18.2 Å². The third-order valence-corrected chi connectivity index (χ3v) is 5.25. The SMILES string of the molecule is CCNC(=NCc1ccc(C#N)cc1F)NC1CCN(Cc2ccc(F)c(F)c2)CC1.I. The molecular weight excluding hydrogens is 530 g/mol. The molecule has 0 aliphatic carbocycles. The standard InChI is InChI=1S/C23H26F3N5.HI/c1-2-28-23(29-14-18-5-3-16(13-27)11-21(18)25)30-19-7-9-31(10-8-19)15-17-4-6-20(24)22(26)12-17;/h3-6,11-12,19H,2,7-10,14-15H2,1H3,(H2,28,29,30);1H. The van der Waals surface area contributed by atoms with Crippen molar-refractivity contribution in [2.75, 3.05) is 19.6 Å². The summed E-state index contributed by atoms with van der Waals surface area (Å²) in [4.78, 5) is 6.69. The molecule has 3 rings (SSSR count). The molecule has 1 fully saturated rings. The maximum atomic E-state index is 14.1. The van der Waals surface area contributed by atoms with Crippen LogP contribution in [0.1, 0.15) is 36.5 Å². The maximum Gasteiger partial charge on any atom is 0.191 e. The van der Waals surface area contributed by atoms with E-state index in [0.717, 1.165) is 37.6 Å². The van der Waals surface area contributed by atoms with Crippen LogP contribution < -0.4 is 10.6 Å². The first kappa shape index (κ1) is 25.9. The van der Waals surface area contributed by atoms with E-state index in [1.807, 2.05) is 13.0 Å². The number of rotatable bonds is 6. The molecule has 0 aromatic heterocycles. The average Bonchev–Trinajstić information content (AvgIpc) is 2.76. The van der Waals surface area contributed by atoms with Gasteiger partial charge in [0.2, 0.25) is 0 Å². The minimum Gasteiger partial charge on any atom is -0.357 e. The highest BCUT2D eigenvalue weighted by molar-refractivity contribution is 14.0. The van der Waals surface area contributed by atoms with Crippen LogP contribution in [0, 0.1) is 28.8 Å². The minimum absolute atomic E-state index is 0. The fourth-order valence-electron chi connectivity index (χ4n) is 3.55. The van der Waals surface area contributed by atoms with E-state index < -0.39 is 17.5 Å². The summed E-state index contributed by atoms with van der Waals surface area (Å²) in [6.45, 7) is 5.03. The number of nitrogens with one attached hydrogen (secondary N) is 2. The summed E-state index contributed by atoms with van der Waals surface area (Å²) >= 11 is 0. The van der Waals surface area contributed by atoms with Crippen LogP contribution in [0.2, 0.25) is 0 Å². The number of aliphatic imine (C=N–C) groups is 1. The van der Waals surface area contributed by atoms with E-state index in [1.54, 1.807) is 18.2 Å². The van der Waals surface area contributed by atoms with Crippen molar-refractivity contribution in [2.45, 2.75) is 38.9 Å². The number of piperidine rings is 1. The predicted molar refractivity (Wildman–Crippen MR) is 129 cm³/mol. The lowest BCUT2D eigenvalue weighted by atomic mass is 10.0. The molecule has 0 spiro atoms. The molecule has 0 radical (unpaired) electrons. The van der Waals surface area contributed by atoms with Crippen LogP contribution in [0.3, 0.4) is 0 Å². The van der Waals surface area contributed by atoms with E-state index in [1.165, 1.54) is 12.1 Å². The summed E-state index contributed by atoms with van der Waals surface area (Å²) in [5.74, 6) is -1.48. The molecule has 0 saturated carbocycles. The number of benzene rings is 2. The minimum atomic E-state index is -0.831. The molecule has 1 aliphatic rings. The molecule has 1 saturated heterocycles. The first-order valence-corrected chi connectivity index (χ1v) is 10.4. The quantitative estimate of drug-likeness (QED) is 0.316. The smallest absolute Gasteiger partial charge is 0.191 e. The normalized spacial score (nSPS) is 15.0. The lowest BCUT2D eigenvalue weighted by molar-refractivity contribution is 0.198. The van der Waals surface area contributed by atoms with Crippen LogP contribution in [0.15, 0.2) is 41.4 Å². The Morgan fingerprint density at radius 1 is 1.09 bits per heavy atom. The number of hydrogen-bond donors (Lipinski definition) is 2. The van der Waals surface area contributed by atoms with Crippen molar-refractivity contribution in [1.29, 1.82) is 5.26 Å². The highest BCUT2D eigenvalue weighted by Crippen LogP contribution is 2.16. The van der Waals surface area contributed by atoms with E-state index in [0.29, 0.717) is 24.6 Å². The summed E-state index contributed by atoms with van der Waals surface area (Å²) in [6.07, 6.45) is 1.75. The molecule has 0 amide bonds. The zero-order valence-corrected chi connectivity index (χ0v) is 20.2. The molecule has 1 heterocycles. The summed E-state index contributed by atoms with van der Waals surface area (Å²) in [7, 11) is 0. The molecule has 5 nitrogen and oxygen atoms in total. The molecule has 0 unspecified atom stereocenters. The van der Waals surface area contributed by atoms with E-state index in [9.17, 15) is 13.2 Å². The number of hydrogen-bond acceptors (Lipinski definition) is 3. The Labute approximate surface area is 203 Å². The number of guanidine groups is 1. The topological polar surface area (TPSA) is 63.5 Å². The van der Waals surface area contributed by atoms with Gasteiger partial charge in [-0.15, -0.1) is 24.0 Å². The van der Waals surface area contributed by atoms with Crippen LogP contribution >= 0.6 is 24.0 Å². The van der Waals surface area contributed by atoms with Crippen LogP contribution in [-0.4, -0.2) is 36.5 Å². The van der Waals surface area contributed by atoms with Gasteiger partial charge < -0.3 is 10.6 Å². The molecule has 0 bridgehead atoms. The van der Waals surface area contributed by atoms with Crippen molar-refractivity contribution in [1.82, 2.24) is 15.5 Å². The molecule has 2 N–H and O–H groups in total. The van der Waals surface area contributed by atoms with Crippen molar-refractivity contribution >= 4 is 29.9 Å². The Bertz CT molecular complexity index is 969. The lowest BCUT2D eigenvalue weighted by Gasteiger charge is -2.33. The highest BCUT2D eigenvalue weighted by Gasteiger charge is 2.20. The van der Waals surface area contributed by atoms with Gasteiger partial charge in [0.1, 0.15) is 5.82 Å². The Morgan fingerprint density at radius 3 is 2.47 bits per heavy atom. The molecular formula is C23H27F3IN5. The third kappa shape index (κ3) is 7.38. The summed E-state index contributed by atoms with van der Waals surface area (Å²) in [5, 5.41) is 15.4. The summed E-state index contributed by atoms with van der Waals surface area (Å²) < 4.78 is 40.6. The Balaban J connectivity index is 0.00000363. The van der Waals surface area contributed by atoms with Gasteiger partial charge in [0.05, 0.1) is 18.2 Å². The van der Waals surface area contributed by atoms with Gasteiger partial charge in [-0.05, 0) is 49.6 Å². The summed E-state index contributed by atoms with van der Waals surface area (Å²) in [5.41, 5.74) is 1.47. The average molecular weight is 557 g/mol. The molecule has 9 heteroatoms. The fraction of sp³-hybridized carbons (Fsp3) is 0.391. The molecule has 2 aromatic rings. The number of nitrogens with zero attached hydrogens (tertiary/aromatic N) is 3. The van der Waals surface area contributed by atoms with Gasteiger partial charge in [0.15, 0.2) is 17.6 Å². The lowest BCUT2D eigenvalue weighted by Crippen LogP contribution is -2.48. The second kappa shape index (κ2) is 12.6. The van der Waals surface area contributed by atoms with Crippen molar-refractivity contribution in [3.8, 4) is 6.07 Å². The van der Waals surface area contributed by atoms with Gasteiger partial charge >= 0.3 is 0 Å². The summed E-state index contributed by atoms with van der Waals surface area (Å²) in [6, 6.07) is 10.5. The van der Waals surface area contributed by atoms with Crippen molar-refractivity contribution in [3.05, 3.63) is 70.5 Å². The van der Waals surface area contributed by atoms with Gasteiger partial charge in [-0.1, -0.05) is 12.1 Å². The molecule has 32 heavy (non-hydrogen) atoms. The van der Waals surface area contributed by atoms with Crippen molar-refractivity contribution in [3.63, 3.8) is 0 Å². The van der Waals surface area contributed by atoms with Crippen LogP contribution in [0.5, 0.6) is 0 Å². The van der Waals surface area contributed by atoms with Gasteiger partial charge in [0.25, 0.3) is 0 Å². The Morgan fingerprint density at radius 2 is 1.84 bits per heavy atom. The Hall–Kier alpha value is -2.32. The van der Waals surface area contributed by atoms with Gasteiger partial charge in [-0.3, -0.25) is 4.90 Å². The monoisotopic (exact) mass is 557 g/mol. The zero-order chi connectivity index (χ0) is 22.2. The largest absolute Gasteiger partial charge is 0.357 e. The number of halogens is 4. The highest BCUT2D eigenvalue weighted by atomic mass is 127. The predicted octanol–water partition coefficient (Wildman–Crippen LogP) is 4.31. The second-order valence-corrected chi connectivity index (χ2v) is 7.56. The number of likely N-dealkylation sites (tertiary alicyclic amines) is 1. The van der Waals surface area contributed by atoms with Crippen LogP contribution in [0.25, 0.3) is 0 Å². The van der Waals surface area contributed by atoms with Crippen molar-refractivity contribution in [2.24, 2.45) is 4.99 Å². The van der Waals surface area contributed by atoms with Crippen LogP contribution in [-0.2, 0) is 13.1 Å². The molecule has 0 atom stereocenters. The second-order valence-electron chi connectivity index (χ2n) is 7.56. The third-order valence-electron chi connectivity index (χ3n) is 5.25. The van der Waals surface area contributed by atoms with E-state index >= 15 is 0 Å². The Kier molecular flexibility index (Phi) is 10.3. The molecule has 1 aliphatic heterocycles. The van der Waals surface area contributed by atoms with E-state index in [-0.39, 0.29) is 42.1 Å². The van der Waals surface area contributed by atoms with Gasteiger partial charge in [0, 0.05) is 37.8 Å². The first-order valence-electron chi connectivity index (χ1n) is 10.4. The van der Waals surface area contributed by atoms with Crippen molar-refractivity contribution < 1.29 is 13.2 Å². The number of nitriles is 1. The van der Waals surface area contributed by atoms with E-state index in [2.05, 4.69) is 20.5 Å². The fourth-order valence-corrected chi connectivity index (χ4v) is 3.55. The zero-order valence-electron chi connectivity index (χ0n) is 17.9.